The average Bonchev–Trinajstić information content (AvgIpc) is 2.56. The lowest BCUT2D eigenvalue weighted by atomic mass is 9.77. The fraction of sp³-hybridized carbons (Fsp3) is 0.0526. The second-order valence-corrected chi connectivity index (χ2v) is 5.06. The standard InChI is InChI=1S/C19H17NO/c20-19(15-9-3-1-4-10-15,16-11-5-2-6-12-16)17-13-7-8-14-18(17)21/h1-14,21H,20H2. The first-order valence-electron chi connectivity index (χ1n) is 6.91. The fourth-order valence-electron chi connectivity index (χ4n) is 2.69. The van der Waals surface area contributed by atoms with Crippen LogP contribution in [0.25, 0.3) is 0 Å². The van der Waals surface area contributed by atoms with Gasteiger partial charge >= 0.3 is 0 Å². The Morgan fingerprint density at radius 3 is 1.52 bits per heavy atom. The summed E-state index contributed by atoms with van der Waals surface area (Å²) in [5.74, 6) is 0.202. The molecule has 0 atom stereocenters. The lowest BCUT2D eigenvalue weighted by Gasteiger charge is -2.32. The highest BCUT2D eigenvalue weighted by molar-refractivity contribution is 5.53. The zero-order valence-corrected chi connectivity index (χ0v) is 11.6. The van der Waals surface area contributed by atoms with Crippen molar-refractivity contribution in [3.8, 4) is 5.75 Å². The number of phenolic OH excluding ortho intramolecular Hbond substituents is 1. The number of aromatic hydroxyl groups is 1. The number of nitrogens with two attached hydrogens (primary N) is 1. The van der Waals surface area contributed by atoms with Crippen molar-refractivity contribution in [3.05, 3.63) is 102 Å². The van der Waals surface area contributed by atoms with E-state index in [-0.39, 0.29) is 5.75 Å². The highest BCUT2D eigenvalue weighted by Crippen LogP contribution is 2.38. The smallest absolute Gasteiger partial charge is 0.121 e. The molecular weight excluding hydrogens is 258 g/mol. The SMILES string of the molecule is NC(c1ccccc1)(c1ccccc1)c1ccccc1O. The predicted octanol–water partition coefficient (Wildman–Crippen LogP) is 3.64. The van der Waals surface area contributed by atoms with Crippen LogP contribution in [-0.4, -0.2) is 5.11 Å². The van der Waals surface area contributed by atoms with E-state index in [1.54, 1.807) is 12.1 Å². The minimum atomic E-state index is -0.881. The van der Waals surface area contributed by atoms with Gasteiger partial charge in [0.05, 0.1) is 5.54 Å². The van der Waals surface area contributed by atoms with Crippen LogP contribution in [0, 0.1) is 0 Å². The molecule has 2 heteroatoms. The van der Waals surface area contributed by atoms with E-state index in [9.17, 15) is 5.11 Å². The maximum Gasteiger partial charge on any atom is 0.121 e. The maximum atomic E-state index is 10.3. The summed E-state index contributed by atoms with van der Waals surface area (Å²) in [6, 6.07) is 26.9. The van der Waals surface area contributed by atoms with Gasteiger partial charge in [0.25, 0.3) is 0 Å². The van der Waals surface area contributed by atoms with Crippen molar-refractivity contribution in [2.75, 3.05) is 0 Å². The second kappa shape index (κ2) is 5.43. The van der Waals surface area contributed by atoms with E-state index in [0.29, 0.717) is 5.56 Å². The van der Waals surface area contributed by atoms with Gasteiger partial charge in [0, 0.05) is 5.56 Å². The number of phenols is 1. The maximum absolute atomic E-state index is 10.3. The van der Waals surface area contributed by atoms with Crippen molar-refractivity contribution >= 4 is 0 Å². The third kappa shape index (κ3) is 2.30. The monoisotopic (exact) mass is 275 g/mol. The van der Waals surface area contributed by atoms with Crippen LogP contribution < -0.4 is 5.73 Å². The van der Waals surface area contributed by atoms with Gasteiger partial charge in [-0.2, -0.15) is 0 Å². The lowest BCUT2D eigenvalue weighted by molar-refractivity contribution is 0.454. The van der Waals surface area contributed by atoms with E-state index in [0.717, 1.165) is 11.1 Å². The van der Waals surface area contributed by atoms with Crippen LogP contribution in [0.5, 0.6) is 5.75 Å². The Hall–Kier alpha value is -2.58. The van der Waals surface area contributed by atoms with E-state index in [4.69, 9.17) is 5.73 Å². The quantitative estimate of drug-likeness (QED) is 0.717. The fourth-order valence-corrected chi connectivity index (χ4v) is 2.69. The minimum absolute atomic E-state index is 0.202. The van der Waals surface area contributed by atoms with Crippen LogP contribution in [-0.2, 0) is 5.54 Å². The molecule has 0 spiro atoms. The third-order valence-corrected chi connectivity index (χ3v) is 3.79. The molecule has 0 radical (unpaired) electrons. The largest absolute Gasteiger partial charge is 0.508 e. The molecule has 0 saturated carbocycles. The molecule has 0 aliphatic heterocycles. The molecule has 3 aromatic rings. The normalized spacial score (nSPS) is 11.3. The molecule has 3 rings (SSSR count). The first kappa shape index (κ1) is 13.4. The van der Waals surface area contributed by atoms with Crippen LogP contribution in [0.15, 0.2) is 84.9 Å². The third-order valence-electron chi connectivity index (χ3n) is 3.79. The molecule has 3 aromatic carbocycles. The van der Waals surface area contributed by atoms with Gasteiger partial charge in [-0.25, -0.2) is 0 Å². The van der Waals surface area contributed by atoms with Crippen LogP contribution in [0.4, 0.5) is 0 Å². The molecule has 21 heavy (non-hydrogen) atoms. The van der Waals surface area contributed by atoms with Gasteiger partial charge in [0.1, 0.15) is 5.75 Å². The highest BCUT2D eigenvalue weighted by Gasteiger charge is 2.33. The number of rotatable bonds is 3. The summed E-state index contributed by atoms with van der Waals surface area (Å²) in [6.45, 7) is 0. The number of para-hydroxylation sites is 1. The molecule has 0 heterocycles. The molecule has 0 unspecified atom stereocenters. The zero-order chi connectivity index (χ0) is 14.7. The summed E-state index contributed by atoms with van der Waals surface area (Å²) in [6.07, 6.45) is 0. The Morgan fingerprint density at radius 1 is 0.619 bits per heavy atom. The van der Waals surface area contributed by atoms with Crippen molar-refractivity contribution in [1.29, 1.82) is 0 Å². The van der Waals surface area contributed by atoms with Gasteiger partial charge in [0.15, 0.2) is 0 Å². The Balaban J connectivity index is 2.29. The molecule has 2 nitrogen and oxygen atoms in total. The van der Waals surface area contributed by atoms with Crippen molar-refractivity contribution in [2.24, 2.45) is 5.73 Å². The van der Waals surface area contributed by atoms with Crippen LogP contribution in [0.3, 0.4) is 0 Å². The Bertz CT molecular complexity index is 683. The summed E-state index contributed by atoms with van der Waals surface area (Å²) in [7, 11) is 0. The molecule has 3 N–H and O–H groups in total. The van der Waals surface area contributed by atoms with Gasteiger partial charge in [0.2, 0.25) is 0 Å². The van der Waals surface area contributed by atoms with Crippen LogP contribution in [0.2, 0.25) is 0 Å². The summed E-state index contributed by atoms with van der Waals surface area (Å²) < 4.78 is 0. The van der Waals surface area contributed by atoms with Gasteiger partial charge in [-0.1, -0.05) is 78.9 Å². The van der Waals surface area contributed by atoms with E-state index < -0.39 is 5.54 Å². The Kier molecular flexibility index (Phi) is 3.46. The molecule has 0 fully saturated rings. The molecule has 104 valence electrons. The molecule has 0 aliphatic rings. The minimum Gasteiger partial charge on any atom is -0.508 e. The van der Waals surface area contributed by atoms with Crippen LogP contribution in [0.1, 0.15) is 16.7 Å². The van der Waals surface area contributed by atoms with E-state index in [1.165, 1.54) is 0 Å². The molecule has 0 aliphatic carbocycles. The Labute approximate surface area is 124 Å². The van der Waals surface area contributed by atoms with Crippen LogP contribution >= 0.6 is 0 Å². The van der Waals surface area contributed by atoms with Crippen molar-refractivity contribution in [1.82, 2.24) is 0 Å². The number of hydrogen-bond acceptors (Lipinski definition) is 2. The van der Waals surface area contributed by atoms with E-state index >= 15 is 0 Å². The first-order chi connectivity index (χ1) is 10.2. The Morgan fingerprint density at radius 2 is 1.05 bits per heavy atom. The molecular formula is C19H17NO. The van der Waals surface area contributed by atoms with Gasteiger partial charge in [-0.15, -0.1) is 0 Å². The topological polar surface area (TPSA) is 46.2 Å². The lowest BCUT2D eigenvalue weighted by Crippen LogP contribution is -2.39. The number of benzene rings is 3. The molecule has 0 amide bonds. The molecule has 0 bridgehead atoms. The predicted molar refractivity (Wildman–Crippen MR) is 85.1 cm³/mol. The first-order valence-corrected chi connectivity index (χ1v) is 6.91. The molecule has 0 aromatic heterocycles. The van der Waals surface area contributed by atoms with E-state index in [2.05, 4.69) is 0 Å². The summed E-state index contributed by atoms with van der Waals surface area (Å²) in [5, 5.41) is 10.3. The van der Waals surface area contributed by atoms with E-state index in [1.807, 2.05) is 72.8 Å². The average molecular weight is 275 g/mol. The second-order valence-electron chi connectivity index (χ2n) is 5.06. The summed E-state index contributed by atoms with van der Waals surface area (Å²) >= 11 is 0. The summed E-state index contributed by atoms with van der Waals surface area (Å²) in [4.78, 5) is 0. The van der Waals surface area contributed by atoms with Crippen molar-refractivity contribution < 1.29 is 5.11 Å². The molecule has 0 saturated heterocycles. The highest BCUT2D eigenvalue weighted by atomic mass is 16.3. The van der Waals surface area contributed by atoms with Gasteiger partial charge in [-0.3, -0.25) is 0 Å². The summed E-state index contributed by atoms with van der Waals surface area (Å²) in [5.41, 5.74) is 8.50. The van der Waals surface area contributed by atoms with Crippen molar-refractivity contribution in [3.63, 3.8) is 0 Å². The zero-order valence-electron chi connectivity index (χ0n) is 11.6. The van der Waals surface area contributed by atoms with Gasteiger partial charge < -0.3 is 10.8 Å². The number of hydrogen-bond donors (Lipinski definition) is 2. The van der Waals surface area contributed by atoms with Gasteiger partial charge in [-0.05, 0) is 17.2 Å². The van der Waals surface area contributed by atoms with Crippen molar-refractivity contribution in [2.45, 2.75) is 5.54 Å².